The normalized spacial score (nSPS) is 14.7. The average molecular weight is 417 g/mol. The summed E-state index contributed by atoms with van der Waals surface area (Å²) in [6.07, 6.45) is 7.04. The quantitative estimate of drug-likeness (QED) is 0.485. The van der Waals surface area contributed by atoms with Gasteiger partial charge in [-0.1, -0.05) is 18.2 Å². The number of aromatic nitrogens is 4. The number of hydrogen-bond donors (Lipinski definition) is 1. The lowest BCUT2D eigenvalue weighted by molar-refractivity contribution is 0.0704. The monoisotopic (exact) mass is 417 g/mol. The van der Waals surface area contributed by atoms with E-state index in [0.29, 0.717) is 30.5 Å². The Kier molecular flexibility index (Phi) is 5.45. The molecular formula is C23H23N5O3. The predicted octanol–water partition coefficient (Wildman–Crippen LogP) is 3.14. The molecule has 1 aromatic carbocycles. The van der Waals surface area contributed by atoms with Crippen molar-refractivity contribution < 1.29 is 14.3 Å². The van der Waals surface area contributed by atoms with Gasteiger partial charge in [-0.2, -0.15) is 0 Å². The third kappa shape index (κ3) is 4.06. The van der Waals surface area contributed by atoms with Gasteiger partial charge in [0.1, 0.15) is 23.4 Å². The van der Waals surface area contributed by atoms with Gasteiger partial charge in [-0.3, -0.25) is 9.78 Å². The van der Waals surface area contributed by atoms with Gasteiger partial charge in [0.05, 0.1) is 18.4 Å². The number of imidazole rings is 1. The molecule has 0 atom stereocenters. The molecule has 0 unspecified atom stereocenters. The first-order valence-electron chi connectivity index (χ1n) is 10.4. The highest BCUT2D eigenvalue weighted by molar-refractivity contribution is 5.96. The number of para-hydroxylation sites is 1. The maximum Gasteiger partial charge on any atom is 0.253 e. The second-order valence-electron chi connectivity index (χ2n) is 7.50. The fraction of sp³-hybridized carbons (Fsp3) is 0.304. The van der Waals surface area contributed by atoms with Gasteiger partial charge in [0.25, 0.3) is 5.91 Å². The summed E-state index contributed by atoms with van der Waals surface area (Å²) in [5, 5.41) is 3.89. The van der Waals surface area contributed by atoms with Crippen molar-refractivity contribution in [1.82, 2.24) is 24.8 Å². The van der Waals surface area contributed by atoms with E-state index in [1.807, 2.05) is 30.3 Å². The molecule has 1 aliphatic rings. The van der Waals surface area contributed by atoms with E-state index in [2.05, 4.69) is 24.8 Å². The van der Waals surface area contributed by atoms with Gasteiger partial charge < -0.3 is 19.4 Å². The van der Waals surface area contributed by atoms with E-state index < -0.39 is 0 Å². The summed E-state index contributed by atoms with van der Waals surface area (Å²) in [5.41, 5.74) is 2.81. The molecule has 1 saturated heterocycles. The van der Waals surface area contributed by atoms with Crippen LogP contribution < -0.4 is 10.1 Å². The fourth-order valence-corrected chi connectivity index (χ4v) is 3.89. The largest absolute Gasteiger partial charge is 0.489 e. The number of rotatable bonds is 6. The molecule has 8 heteroatoms. The summed E-state index contributed by atoms with van der Waals surface area (Å²) < 4.78 is 13.4. The topological polar surface area (TPSA) is 91.2 Å². The average Bonchev–Trinajstić information content (AvgIpc) is 3.25. The van der Waals surface area contributed by atoms with Crippen LogP contribution in [0.1, 0.15) is 29.2 Å². The molecule has 1 N–H and O–H groups in total. The van der Waals surface area contributed by atoms with Crippen LogP contribution in [0.4, 0.5) is 0 Å². The third-order valence-corrected chi connectivity index (χ3v) is 5.50. The molecule has 3 aromatic heterocycles. The molecule has 0 aliphatic carbocycles. The van der Waals surface area contributed by atoms with Crippen LogP contribution in [0.15, 0.2) is 55.1 Å². The Balaban J connectivity index is 1.20. The van der Waals surface area contributed by atoms with Crippen molar-refractivity contribution >= 4 is 28.0 Å². The van der Waals surface area contributed by atoms with Crippen LogP contribution in [0, 0.1) is 0 Å². The van der Waals surface area contributed by atoms with Crippen LogP contribution in [0.2, 0.25) is 0 Å². The molecule has 0 saturated carbocycles. The molecule has 8 nitrogen and oxygen atoms in total. The minimum absolute atomic E-state index is 0.199. The first-order valence-corrected chi connectivity index (χ1v) is 10.4. The summed E-state index contributed by atoms with van der Waals surface area (Å²) in [7, 11) is 0. The summed E-state index contributed by atoms with van der Waals surface area (Å²) in [6.45, 7) is 2.22. The maximum atomic E-state index is 12.6. The molecule has 1 amide bonds. The smallest absolute Gasteiger partial charge is 0.253 e. The highest BCUT2D eigenvalue weighted by atomic mass is 16.5. The van der Waals surface area contributed by atoms with Crippen LogP contribution in [0.5, 0.6) is 5.75 Å². The van der Waals surface area contributed by atoms with E-state index in [1.54, 1.807) is 24.8 Å². The van der Waals surface area contributed by atoms with Gasteiger partial charge in [-0.05, 0) is 31.0 Å². The van der Waals surface area contributed by atoms with Gasteiger partial charge in [-0.15, -0.1) is 0 Å². The molecular weight excluding hydrogens is 394 g/mol. The van der Waals surface area contributed by atoms with Gasteiger partial charge >= 0.3 is 0 Å². The SMILES string of the molecule is O=C(NCCOc1cccc2cccnc12)c1cnc2c(c1)ncn2C1CCOCC1. The summed E-state index contributed by atoms with van der Waals surface area (Å²) in [4.78, 5) is 25.9. The van der Waals surface area contributed by atoms with Crippen LogP contribution in [0.3, 0.4) is 0 Å². The zero-order valence-electron chi connectivity index (χ0n) is 17.0. The van der Waals surface area contributed by atoms with Crippen molar-refractivity contribution in [2.24, 2.45) is 0 Å². The number of hydrogen-bond acceptors (Lipinski definition) is 6. The number of carbonyl (C=O) groups is 1. The van der Waals surface area contributed by atoms with Gasteiger partial charge in [0, 0.05) is 37.0 Å². The van der Waals surface area contributed by atoms with Crippen LogP contribution in [-0.4, -0.2) is 51.8 Å². The number of ether oxygens (including phenoxy) is 2. The Hall–Kier alpha value is -3.52. The molecule has 0 spiro atoms. The molecule has 158 valence electrons. The first-order chi connectivity index (χ1) is 15.3. The van der Waals surface area contributed by atoms with Crippen molar-refractivity contribution in [3.8, 4) is 5.75 Å². The lowest BCUT2D eigenvalue weighted by Crippen LogP contribution is -2.28. The number of nitrogens with zero attached hydrogens (tertiary/aromatic N) is 4. The number of fused-ring (bicyclic) bond motifs is 2. The molecule has 31 heavy (non-hydrogen) atoms. The van der Waals surface area contributed by atoms with Crippen LogP contribution in [0.25, 0.3) is 22.1 Å². The predicted molar refractivity (Wildman–Crippen MR) is 116 cm³/mol. The molecule has 0 radical (unpaired) electrons. The summed E-state index contributed by atoms with van der Waals surface area (Å²) in [5.74, 6) is 0.503. The Bertz CT molecular complexity index is 1210. The van der Waals surface area contributed by atoms with Gasteiger partial charge in [0.15, 0.2) is 5.65 Å². The summed E-state index contributed by atoms with van der Waals surface area (Å²) in [6, 6.07) is 11.8. The second kappa shape index (κ2) is 8.69. The van der Waals surface area contributed by atoms with Crippen molar-refractivity contribution in [2.45, 2.75) is 18.9 Å². The zero-order chi connectivity index (χ0) is 21.0. The van der Waals surface area contributed by atoms with Gasteiger partial charge in [0.2, 0.25) is 0 Å². The molecule has 0 bridgehead atoms. The third-order valence-electron chi connectivity index (χ3n) is 5.50. The molecule has 1 aliphatic heterocycles. The number of amides is 1. The molecule has 1 fully saturated rings. The van der Waals surface area contributed by atoms with Crippen molar-refractivity contribution in [3.63, 3.8) is 0 Å². The van der Waals surface area contributed by atoms with E-state index in [4.69, 9.17) is 9.47 Å². The van der Waals surface area contributed by atoms with E-state index in [0.717, 1.165) is 48.1 Å². The Morgan fingerprint density at radius 3 is 2.94 bits per heavy atom. The van der Waals surface area contributed by atoms with Crippen LogP contribution in [-0.2, 0) is 4.74 Å². The number of pyridine rings is 2. The Morgan fingerprint density at radius 2 is 2.03 bits per heavy atom. The lowest BCUT2D eigenvalue weighted by Gasteiger charge is -2.23. The molecule has 5 rings (SSSR count). The van der Waals surface area contributed by atoms with Crippen molar-refractivity contribution in [2.75, 3.05) is 26.4 Å². The van der Waals surface area contributed by atoms with E-state index >= 15 is 0 Å². The second-order valence-corrected chi connectivity index (χ2v) is 7.50. The number of nitrogens with one attached hydrogen (secondary N) is 1. The minimum Gasteiger partial charge on any atom is -0.489 e. The first kappa shape index (κ1) is 19.4. The zero-order valence-corrected chi connectivity index (χ0v) is 17.0. The standard InChI is InChI=1S/C23H23N5O3/c29-23(25-9-12-31-20-5-1-3-16-4-2-8-24-21(16)20)17-13-19-22(26-14-17)28(15-27-19)18-6-10-30-11-7-18/h1-5,8,13-15,18H,6-7,9-12H2,(H,25,29). The Labute approximate surface area is 179 Å². The fourth-order valence-electron chi connectivity index (χ4n) is 3.89. The van der Waals surface area contributed by atoms with Crippen molar-refractivity contribution in [3.05, 3.63) is 60.7 Å². The minimum atomic E-state index is -0.199. The highest BCUT2D eigenvalue weighted by Crippen LogP contribution is 2.25. The lowest BCUT2D eigenvalue weighted by atomic mass is 10.1. The number of carbonyl (C=O) groups excluding carboxylic acids is 1. The molecule has 4 aromatic rings. The van der Waals surface area contributed by atoms with E-state index in [9.17, 15) is 4.79 Å². The summed E-state index contributed by atoms with van der Waals surface area (Å²) >= 11 is 0. The number of benzene rings is 1. The van der Waals surface area contributed by atoms with Crippen LogP contribution >= 0.6 is 0 Å². The maximum absolute atomic E-state index is 12.6. The van der Waals surface area contributed by atoms with Gasteiger partial charge in [-0.25, -0.2) is 9.97 Å². The van der Waals surface area contributed by atoms with E-state index in [-0.39, 0.29) is 5.91 Å². The Morgan fingerprint density at radius 1 is 1.16 bits per heavy atom. The molecule has 4 heterocycles. The van der Waals surface area contributed by atoms with E-state index in [1.165, 1.54) is 0 Å². The van der Waals surface area contributed by atoms with Crippen molar-refractivity contribution in [1.29, 1.82) is 0 Å². The highest BCUT2D eigenvalue weighted by Gasteiger charge is 2.19.